The van der Waals surface area contributed by atoms with Gasteiger partial charge in [0.2, 0.25) is 0 Å². The van der Waals surface area contributed by atoms with Crippen molar-refractivity contribution in [2.45, 2.75) is 106 Å². The number of carboxylic acid groups (broad SMARTS) is 2. The van der Waals surface area contributed by atoms with Gasteiger partial charge >= 0.3 is 11.9 Å². The number of carbonyl (C=O) groups is 2. The fourth-order valence-corrected chi connectivity index (χ4v) is 5.15. The van der Waals surface area contributed by atoms with E-state index in [2.05, 4.69) is 41.5 Å². The van der Waals surface area contributed by atoms with Crippen molar-refractivity contribution < 1.29 is 19.8 Å². The third-order valence-electron chi connectivity index (χ3n) is 8.43. The zero-order valence-electron chi connectivity index (χ0n) is 19.3. The minimum atomic E-state index is -0.655. The zero-order valence-corrected chi connectivity index (χ0v) is 19.3. The van der Waals surface area contributed by atoms with Crippen LogP contribution in [0.25, 0.3) is 0 Å². The molecule has 28 heavy (non-hydrogen) atoms. The molecule has 4 nitrogen and oxygen atoms in total. The van der Waals surface area contributed by atoms with Crippen LogP contribution in [0.5, 0.6) is 0 Å². The van der Waals surface area contributed by atoms with E-state index < -0.39 is 11.9 Å². The molecule has 0 spiro atoms. The molecule has 0 radical (unpaired) electrons. The van der Waals surface area contributed by atoms with Crippen molar-refractivity contribution in [2.75, 3.05) is 0 Å². The molecule has 2 saturated carbocycles. The van der Waals surface area contributed by atoms with Crippen LogP contribution in [-0.4, -0.2) is 22.2 Å². The van der Waals surface area contributed by atoms with Crippen molar-refractivity contribution in [2.24, 2.45) is 34.0 Å². The fourth-order valence-electron chi connectivity index (χ4n) is 5.15. The molecule has 4 heteroatoms. The highest BCUT2D eigenvalue weighted by atomic mass is 16.4. The maximum absolute atomic E-state index is 11.1. The van der Waals surface area contributed by atoms with E-state index in [4.69, 9.17) is 10.2 Å². The van der Waals surface area contributed by atoms with Crippen molar-refractivity contribution in [3.8, 4) is 0 Å². The summed E-state index contributed by atoms with van der Waals surface area (Å²) in [6.45, 7) is 15.4. The highest BCUT2D eigenvalue weighted by Crippen LogP contribution is 2.52. The normalized spacial score (nSPS) is 32.5. The summed E-state index contributed by atoms with van der Waals surface area (Å²) < 4.78 is 0. The standard InChI is InChI=1S/C13H24O2.C11H20O2/c1-5-11(12(14)15)10-6-7-13(3,4)9(2)8-10;1-10(2)6-4-5-7-11(10,3)8-9(12)13/h9-11H,5-8H2,1-4H3,(H,14,15);4-8H2,1-3H3,(H,12,13). The van der Waals surface area contributed by atoms with E-state index in [0.29, 0.717) is 23.7 Å². The van der Waals surface area contributed by atoms with Crippen molar-refractivity contribution >= 4 is 11.9 Å². The average molecular weight is 397 g/mol. The second-order valence-electron chi connectivity index (χ2n) is 11.0. The Kier molecular flexibility index (Phi) is 8.59. The molecule has 0 aromatic rings. The number of aliphatic carboxylic acids is 2. The van der Waals surface area contributed by atoms with E-state index in [1.165, 1.54) is 19.3 Å². The van der Waals surface area contributed by atoms with Crippen molar-refractivity contribution in [1.82, 2.24) is 0 Å². The molecular weight excluding hydrogens is 352 g/mol. The molecule has 0 amide bonds. The summed E-state index contributed by atoms with van der Waals surface area (Å²) in [6, 6.07) is 0. The van der Waals surface area contributed by atoms with Gasteiger partial charge in [-0.3, -0.25) is 9.59 Å². The lowest BCUT2D eigenvalue weighted by molar-refractivity contribution is -0.145. The Balaban J connectivity index is 0.000000283. The SMILES string of the molecule is CC1(C)CCCCC1(C)CC(=O)O.CCC(C(=O)O)C1CCC(C)(C)C(C)C1. The van der Waals surface area contributed by atoms with Crippen LogP contribution in [-0.2, 0) is 9.59 Å². The van der Waals surface area contributed by atoms with Gasteiger partial charge in [-0.1, -0.05) is 61.3 Å². The van der Waals surface area contributed by atoms with E-state index in [1.54, 1.807) is 0 Å². The summed E-state index contributed by atoms with van der Waals surface area (Å²) in [5.41, 5.74) is 0.577. The average Bonchev–Trinajstić information content (AvgIpc) is 2.54. The summed E-state index contributed by atoms with van der Waals surface area (Å²) in [6.07, 6.45) is 9.09. The second kappa shape index (κ2) is 9.63. The molecule has 0 heterocycles. The van der Waals surface area contributed by atoms with Gasteiger partial charge in [0.15, 0.2) is 0 Å². The molecule has 0 aromatic heterocycles. The Hall–Kier alpha value is -1.06. The molecule has 0 aromatic carbocycles. The van der Waals surface area contributed by atoms with Gasteiger partial charge in [-0.2, -0.15) is 0 Å². The lowest BCUT2D eigenvalue weighted by Crippen LogP contribution is -2.39. The molecular formula is C24H44O4. The molecule has 4 unspecified atom stereocenters. The van der Waals surface area contributed by atoms with Crippen LogP contribution < -0.4 is 0 Å². The Morgan fingerprint density at radius 2 is 1.57 bits per heavy atom. The first kappa shape index (κ1) is 25.0. The van der Waals surface area contributed by atoms with E-state index in [0.717, 1.165) is 32.1 Å². The van der Waals surface area contributed by atoms with Gasteiger partial charge in [-0.15, -0.1) is 0 Å². The zero-order chi connectivity index (χ0) is 21.8. The third kappa shape index (κ3) is 6.22. The highest BCUT2D eigenvalue weighted by Gasteiger charge is 2.44. The Morgan fingerprint density at radius 3 is 2.00 bits per heavy atom. The number of carboxylic acids is 2. The Bertz CT molecular complexity index is 537. The van der Waals surface area contributed by atoms with Gasteiger partial charge in [-0.25, -0.2) is 0 Å². The topological polar surface area (TPSA) is 74.6 Å². The minimum absolute atomic E-state index is 0.00289. The Labute approximate surface area is 172 Å². The van der Waals surface area contributed by atoms with E-state index in [9.17, 15) is 9.59 Å². The van der Waals surface area contributed by atoms with Crippen molar-refractivity contribution in [3.63, 3.8) is 0 Å². The van der Waals surface area contributed by atoms with Crippen LogP contribution in [0.2, 0.25) is 0 Å². The summed E-state index contributed by atoms with van der Waals surface area (Å²) in [7, 11) is 0. The van der Waals surface area contributed by atoms with Crippen LogP contribution in [0, 0.1) is 34.0 Å². The van der Waals surface area contributed by atoms with Gasteiger partial charge in [-0.05, 0) is 66.6 Å². The van der Waals surface area contributed by atoms with Crippen molar-refractivity contribution in [1.29, 1.82) is 0 Å². The molecule has 2 aliphatic carbocycles. The van der Waals surface area contributed by atoms with E-state index in [1.807, 2.05) is 6.92 Å². The molecule has 4 atom stereocenters. The maximum Gasteiger partial charge on any atom is 0.306 e. The fraction of sp³-hybridized carbons (Fsp3) is 0.917. The molecule has 0 aliphatic heterocycles. The molecule has 164 valence electrons. The quantitative estimate of drug-likeness (QED) is 0.547. The summed E-state index contributed by atoms with van der Waals surface area (Å²) in [5.74, 6) is -0.337. The predicted molar refractivity (Wildman–Crippen MR) is 114 cm³/mol. The highest BCUT2D eigenvalue weighted by molar-refractivity contribution is 5.70. The van der Waals surface area contributed by atoms with Crippen molar-refractivity contribution in [3.05, 3.63) is 0 Å². The maximum atomic E-state index is 11.1. The number of hydrogen-bond acceptors (Lipinski definition) is 2. The number of hydrogen-bond donors (Lipinski definition) is 2. The third-order valence-corrected chi connectivity index (χ3v) is 8.43. The smallest absolute Gasteiger partial charge is 0.306 e. The van der Waals surface area contributed by atoms with Crippen LogP contribution >= 0.6 is 0 Å². The van der Waals surface area contributed by atoms with Crippen LogP contribution in [0.4, 0.5) is 0 Å². The molecule has 0 saturated heterocycles. The van der Waals surface area contributed by atoms with Crippen LogP contribution in [0.3, 0.4) is 0 Å². The van der Waals surface area contributed by atoms with E-state index >= 15 is 0 Å². The Morgan fingerprint density at radius 1 is 1.00 bits per heavy atom. The first-order valence-electron chi connectivity index (χ1n) is 11.2. The minimum Gasteiger partial charge on any atom is -0.481 e. The van der Waals surface area contributed by atoms with Gasteiger partial charge < -0.3 is 10.2 Å². The van der Waals surface area contributed by atoms with E-state index in [-0.39, 0.29) is 16.7 Å². The molecule has 0 bridgehead atoms. The second-order valence-corrected chi connectivity index (χ2v) is 11.0. The van der Waals surface area contributed by atoms with Gasteiger partial charge in [0.1, 0.15) is 0 Å². The van der Waals surface area contributed by atoms with Crippen LogP contribution in [0.15, 0.2) is 0 Å². The molecule has 2 aliphatic rings. The summed E-state index contributed by atoms with van der Waals surface area (Å²) in [4.78, 5) is 21.9. The lowest BCUT2D eigenvalue weighted by atomic mass is 9.57. The van der Waals surface area contributed by atoms with Crippen LogP contribution in [0.1, 0.15) is 106 Å². The molecule has 2 N–H and O–H groups in total. The monoisotopic (exact) mass is 396 g/mol. The largest absolute Gasteiger partial charge is 0.481 e. The van der Waals surface area contributed by atoms with Gasteiger partial charge in [0, 0.05) is 0 Å². The lowest BCUT2D eigenvalue weighted by Gasteiger charge is -2.47. The summed E-state index contributed by atoms with van der Waals surface area (Å²) in [5, 5.41) is 18.0. The molecule has 2 fully saturated rings. The van der Waals surface area contributed by atoms with Gasteiger partial charge in [0.05, 0.1) is 12.3 Å². The molecule has 2 rings (SSSR count). The van der Waals surface area contributed by atoms with Gasteiger partial charge in [0.25, 0.3) is 0 Å². The predicted octanol–water partition coefficient (Wildman–Crippen LogP) is 6.63. The first-order chi connectivity index (χ1) is 12.8. The number of rotatable bonds is 5. The summed E-state index contributed by atoms with van der Waals surface area (Å²) >= 11 is 0. The first-order valence-corrected chi connectivity index (χ1v) is 11.2.